The van der Waals surface area contributed by atoms with Gasteiger partial charge in [-0.2, -0.15) is 0 Å². The number of halogens is 1. The Morgan fingerprint density at radius 1 is 1.22 bits per heavy atom. The number of hydrogen-bond acceptors (Lipinski definition) is 4. The zero-order valence-corrected chi connectivity index (χ0v) is 13.5. The van der Waals surface area contributed by atoms with Gasteiger partial charge in [0.1, 0.15) is 0 Å². The Hall–Kier alpha value is -2.40. The van der Waals surface area contributed by atoms with Gasteiger partial charge in [0.2, 0.25) is 0 Å². The van der Waals surface area contributed by atoms with E-state index in [-0.39, 0.29) is 28.8 Å². The third-order valence-corrected chi connectivity index (χ3v) is 3.61. The van der Waals surface area contributed by atoms with E-state index in [9.17, 15) is 14.9 Å². The Labute approximate surface area is 139 Å². The molecule has 0 aliphatic heterocycles. The fourth-order valence-electron chi connectivity index (χ4n) is 2.04. The summed E-state index contributed by atoms with van der Waals surface area (Å²) in [6, 6.07) is 11.3. The zero-order valence-electron chi connectivity index (χ0n) is 12.8. The minimum Gasteiger partial charge on any atom is -0.478 e. The molecule has 0 aliphatic carbocycles. The van der Waals surface area contributed by atoms with Crippen molar-refractivity contribution in [1.82, 2.24) is 0 Å². The molecule has 2 aromatic carbocycles. The second-order valence-electron chi connectivity index (χ2n) is 5.36. The molecule has 5 nitrogen and oxygen atoms in total. The van der Waals surface area contributed by atoms with Gasteiger partial charge in [-0.05, 0) is 23.6 Å². The molecule has 0 unspecified atom stereocenters. The molecule has 6 heteroatoms. The number of nitrogens with zero attached hydrogens (tertiary/aromatic N) is 1. The van der Waals surface area contributed by atoms with Crippen molar-refractivity contribution in [2.75, 3.05) is 6.61 Å². The van der Waals surface area contributed by atoms with E-state index in [1.807, 2.05) is 12.1 Å². The second kappa shape index (κ2) is 7.24. The van der Waals surface area contributed by atoms with E-state index in [2.05, 4.69) is 13.8 Å². The number of carbonyl (C=O) groups excluding carboxylic acids is 1. The lowest BCUT2D eigenvalue weighted by Crippen LogP contribution is -2.12. The van der Waals surface area contributed by atoms with Gasteiger partial charge in [-0.1, -0.05) is 49.7 Å². The fraction of sp³-hybridized carbons (Fsp3) is 0.235. The molecule has 0 aromatic heterocycles. The summed E-state index contributed by atoms with van der Waals surface area (Å²) in [7, 11) is 0. The Morgan fingerprint density at radius 2 is 1.87 bits per heavy atom. The smallest absolute Gasteiger partial charge is 0.312 e. The summed E-state index contributed by atoms with van der Waals surface area (Å²) in [4.78, 5) is 22.5. The molecule has 0 spiro atoms. The quantitative estimate of drug-likeness (QED) is 0.439. The van der Waals surface area contributed by atoms with Crippen molar-refractivity contribution in [3.05, 3.63) is 68.7 Å². The molecule has 2 aromatic rings. The van der Waals surface area contributed by atoms with Crippen LogP contribution >= 0.6 is 11.6 Å². The van der Waals surface area contributed by atoms with Gasteiger partial charge in [0.05, 0.1) is 4.92 Å². The molecule has 0 radical (unpaired) electrons. The molecule has 0 fully saturated rings. The van der Waals surface area contributed by atoms with E-state index in [1.165, 1.54) is 18.2 Å². The Bertz CT molecular complexity index is 726. The van der Waals surface area contributed by atoms with Crippen LogP contribution in [0.25, 0.3) is 0 Å². The lowest BCUT2D eigenvalue weighted by atomic mass is 10.0. The number of Topliss-reactive ketones (excluding diaryl/α,β-unsaturated/α-hetero) is 1. The van der Waals surface area contributed by atoms with Crippen molar-refractivity contribution in [3.63, 3.8) is 0 Å². The second-order valence-corrected chi connectivity index (χ2v) is 5.79. The fourth-order valence-corrected chi connectivity index (χ4v) is 2.20. The number of hydrogen-bond donors (Lipinski definition) is 0. The first-order valence-corrected chi connectivity index (χ1v) is 7.46. The van der Waals surface area contributed by atoms with Crippen LogP contribution in [0.3, 0.4) is 0 Å². The van der Waals surface area contributed by atoms with Crippen molar-refractivity contribution in [3.8, 4) is 5.75 Å². The van der Waals surface area contributed by atoms with E-state index >= 15 is 0 Å². The molecule has 23 heavy (non-hydrogen) atoms. The minimum atomic E-state index is -0.594. The van der Waals surface area contributed by atoms with Crippen LogP contribution in [0.15, 0.2) is 42.5 Å². The van der Waals surface area contributed by atoms with Crippen LogP contribution in [0.1, 0.15) is 35.7 Å². The third-order valence-electron chi connectivity index (χ3n) is 3.38. The summed E-state index contributed by atoms with van der Waals surface area (Å²) in [5.41, 5.74) is 1.38. The highest BCUT2D eigenvalue weighted by atomic mass is 35.5. The van der Waals surface area contributed by atoms with Gasteiger partial charge in [-0.15, -0.1) is 0 Å². The van der Waals surface area contributed by atoms with Gasteiger partial charge in [0.25, 0.3) is 0 Å². The summed E-state index contributed by atoms with van der Waals surface area (Å²) in [6.45, 7) is 3.86. The molecule has 0 aliphatic rings. The first-order chi connectivity index (χ1) is 10.9. The van der Waals surface area contributed by atoms with Gasteiger partial charge in [-0.3, -0.25) is 14.9 Å². The average molecular weight is 334 g/mol. The standard InChI is InChI=1S/C17H16ClNO4/c1-11(2)12-3-5-13(6-4-12)16(20)10-23-17-8-7-14(18)9-15(17)19(21)22/h3-9,11H,10H2,1-2H3. The maximum atomic E-state index is 12.1. The van der Waals surface area contributed by atoms with E-state index < -0.39 is 4.92 Å². The Kier molecular flexibility index (Phi) is 5.34. The zero-order chi connectivity index (χ0) is 17.0. The molecule has 0 N–H and O–H groups in total. The molecular weight excluding hydrogens is 318 g/mol. The number of ketones is 1. The van der Waals surface area contributed by atoms with E-state index in [0.29, 0.717) is 11.5 Å². The highest BCUT2D eigenvalue weighted by Gasteiger charge is 2.17. The van der Waals surface area contributed by atoms with Crippen molar-refractivity contribution in [2.24, 2.45) is 0 Å². The van der Waals surface area contributed by atoms with Crippen LogP contribution < -0.4 is 4.74 Å². The molecule has 0 saturated carbocycles. The summed E-state index contributed by atoms with van der Waals surface area (Å²) < 4.78 is 5.30. The number of ether oxygens (including phenoxy) is 1. The lowest BCUT2D eigenvalue weighted by Gasteiger charge is -2.08. The average Bonchev–Trinajstić information content (AvgIpc) is 2.53. The maximum absolute atomic E-state index is 12.1. The van der Waals surface area contributed by atoms with Crippen LogP contribution in [0.4, 0.5) is 5.69 Å². The summed E-state index contributed by atoms with van der Waals surface area (Å²) in [5.74, 6) is 0.156. The topological polar surface area (TPSA) is 69.4 Å². The molecule has 120 valence electrons. The molecule has 0 atom stereocenters. The largest absolute Gasteiger partial charge is 0.478 e. The van der Waals surface area contributed by atoms with Crippen molar-refractivity contribution >= 4 is 23.1 Å². The van der Waals surface area contributed by atoms with Gasteiger partial charge < -0.3 is 4.74 Å². The highest BCUT2D eigenvalue weighted by molar-refractivity contribution is 6.30. The van der Waals surface area contributed by atoms with Crippen LogP contribution in [-0.2, 0) is 0 Å². The normalized spacial score (nSPS) is 10.6. The van der Waals surface area contributed by atoms with Gasteiger partial charge in [0.15, 0.2) is 18.1 Å². The maximum Gasteiger partial charge on any atom is 0.312 e. The monoisotopic (exact) mass is 333 g/mol. The van der Waals surface area contributed by atoms with E-state index in [0.717, 1.165) is 5.56 Å². The van der Waals surface area contributed by atoms with Crippen LogP contribution in [0.2, 0.25) is 5.02 Å². The molecular formula is C17H16ClNO4. The summed E-state index contributed by atoms with van der Waals surface area (Å²) in [6.07, 6.45) is 0. The van der Waals surface area contributed by atoms with Crippen LogP contribution in [0.5, 0.6) is 5.75 Å². The molecule has 0 amide bonds. The number of carbonyl (C=O) groups is 1. The minimum absolute atomic E-state index is 0.0200. The van der Waals surface area contributed by atoms with E-state index in [1.54, 1.807) is 12.1 Å². The van der Waals surface area contributed by atoms with Gasteiger partial charge >= 0.3 is 5.69 Å². The summed E-state index contributed by atoms with van der Waals surface area (Å²) >= 11 is 5.73. The van der Waals surface area contributed by atoms with Crippen molar-refractivity contribution < 1.29 is 14.5 Å². The van der Waals surface area contributed by atoms with E-state index in [4.69, 9.17) is 16.3 Å². The molecule has 0 saturated heterocycles. The number of benzene rings is 2. The number of nitro groups is 1. The Balaban J connectivity index is 2.09. The number of nitro benzene ring substituents is 1. The number of rotatable bonds is 6. The van der Waals surface area contributed by atoms with Gasteiger partial charge in [0, 0.05) is 16.7 Å². The highest BCUT2D eigenvalue weighted by Crippen LogP contribution is 2.30. The van der Waals surface area contributed by atoms with Crippen molar-refractivity contribution in [1.29, 1.82) is 0 Å². The molecule has 2 rings (SSSR count). The van der Waals surface area contributed by atoms with Crippen LogP contribution in [0, 0.1) is 10.1 Å². The SMILES string of the molecule is CC(C)c1ccc(C(=O)COc2ccc(Cl)cc2[N+](=O)[O-])cc1. The molecule has 0 heterocycles. The third kappa shape index (κ3) is 4.29. The summed E-state index contributed by atoms with van der Waals surface area (Å²) in [5, 5.41) is 11.2. The first kappa shape index (κ1) is 17.0. The van der Waals surface area contributed by atoms with Crippen molar-refractivity contribution in [2.45, 2.75) is 19.8 Å². The first-order valence-electron chi connectivity index (χ1n) is 7.08. The lowest BCUT2D eigenvalue weighted by molar-refractivity contribution is -0.385. The predicted octanol–water partition coefficient (Wildman–Crippen LogP) is 4.63. The Morgan fingerprint density at radius 3 is 2.43 bits per heavy atom. The van der Waals surface area contributed by atoms with Gasteiger partial charge in [-0.25, -0.2) is 0 Å². The van der Waals surface area contributed by atoms with Crippen LogP contribution in [-0.4, -0.2) is 17.3 Å². The predicted molar refractivity (Wildman–Crippen MR) is 88.5 cm³/mol. The molecule has 0 bridgehead atoms.